The van der Waals surface area contributed by atoms with Gasteiger partial charge < -0.3 is 10.3 Å². The van der Waals surface area contributed by atoms with E-state index in [1.54, 1.807) is 23.0 Å². The molecule has 1 aromatic heterocycles. The summed E-state index contributed by atoms with van der Waals surface area (Å²) in [6.07, 6.45) is 5.50. The lowest BCUT2D eigenvalue weighted by atomic mass is 10.1. The van der Waals surface area contributed by atoms with Gasteiger partial charge in [-0.25, -0.2) is 4.98 Å². The molecule has 4 heteroatoms. The number of hydrogen-bond acceptors (Lipinski definition) is 3. The number of nitrogens with zero attached hydrogens (tertiary/aromatic N) is 2. The number of aryl methyl sites for hydroxylation is 1. The van der Waals surface area contributed by atoms with Gasteiger partial charge in [0.25, 0.3) is 0 Å². The van der Waals surface area contributed by atoms with E-state index in [-0.39, 0.29) is 5.78 Å². The first-order valence-corrected chi connectivity index (χ1v) is 4.62. The average Bonchev–Trinajstić information content (AvgIpc) is 2.64. The number of nitrogens with two attached hydrogens (primary N) is 1. The van der Waals surface area contributed by atoms with Crippen LogP contribution in [0.15, 0.2) is 25.0 Å². The van der Waals surface area contributed by atoms with E-state index in [1.165, 1.54) is 0 Å². The first kappa shape index (κ1) is 10.7. The Morgan fingerprint density at radius 2 is 2.57 bits per heavy atom. The fourth-order valence-corrected chi connectivity index (χ4v) is 1.24. The van der Waals surface area contributed by atoms with E-state index in [0.29, 0.717) is 12.2 Å². The predicted octanol–water partition coefficient (Wildman–Crippen LogP) is 0.989. The first-order chi connectivity index (χ1) is 6.70. The van der Waals surface area contributed by atoms with Crippen molar-refractivity contribution in [2.24, 2.45) is 5.73 Å². The molecular formula is C10H15N3O. The molecule has 0 aliphatic heterocycles. The second-order valence-corrected chi connectivity index (χ2v) is 3.03. The van der Waals surface area contributed by atoms with Crippen molar-refractivity contribution in [3.8, 4) is 0 Å². The number of rotatable bonds is 5. The predicted molar refractivity (Wildman–Crippen MR) is 55.0 cm³/mol. The van der Waals surface area contributed by atoms with Crippen LogP contribution in [-0.2, 0) is 6.54 Å². The van der Waals surface area contributed by atoms with Crippen LogP contribution < -0.4 is 5.73 Å². The molecule has 0 aromatic carbocycles. The molecule has 0 bridgehead atoms. The molecule has 1 heterocycles. The summed E-state index contributed by atoms with van der Waals surface area (Å²) in [4.78, 5) is 15.7. The van der Waals surface area contributed by atoms with Crippen molar-refractivity contribution >= 4 is 5.78 Å². The zero-order chi connectivity index (χ0) is 10.6. The highest BCUT2D eigenvalue weighted by Crippen LogP contribution is 2.03. The van der Waals surface area contributed by atoms with Crippen LogP contribution in [0.5, 0.6) is 0 Å². The van der Waals surface area contributed by atoms with E-state index < -0.39 is 6.04 Å². The van der Waals surface area contributed by atoms with Crippen LogP contribution in [0.2, 0.25) is 0 Å². The molecule has 0 aliphatic rings. The third-order valence-electron chi connectivity index (χ3n) is 2.03. The highest BCUT2D eigenvalue weighted by molar-refractivity contribution is 5.97. The van der Waals surface area contributed by atoms with E-state index in [2.05, 4.69) is 11.6 Å². The Hall–Kier alpha value is -1.42. The van der Waals surface area contributed by atoms with Gasteiger partial charge in [-0.2, -0.15) is 0 Å². The lowest BCUT2D eigenvalue weighted by molar-refractivity contribution is 0.0947. The number of Topliss-reactive ketones (excluding diaryl/α,β-unsaturated/α-hetero) is 1. The van der Waals surface area contributed by atoms with Crippen molar-refractivity contribution in [3.05, 3.63) is 30.9 Å². The highest BCUT2D eigenvalue weighted by atomic mass is 16.1. The molecule has 14 heavy (non-hydrogen) atoms. The van der Waals surface area contributed by atoms with E-state index in [9.17, 15) is 4.79 Å². The maximum Gasteiger partial charge on any atom is 0.215 e. The SMILES string of the molecule is C=CCC(N)C(=O)c1nccn1CC. The Morgan fingerprint density at radius 1 is 1.86 bits per heavy atom. The summed E-state index contributed by atoms with van der Waals surface area (Å²) < 4.78 is 1.78. The Balaban J connectivity index is 2.83. The van der Waals surface area contributed by atoms with Crippen molar-refractivity contribution in [1.29, 1.82) is 0 Å². The van der Waals surface area contributed by atoms with Crippen LogP contribution in [-0.4, -0.2) is 21.4 Å². The highest BCUT2D eigenvalue weighted by Gasteiger charge is 2.18. The van der Waals surface area contributed by atoms with Crippen molar-refractivity contribution < 1.29 is 4.79 Å². The van der Waals surface area contributed by atoms with E-state index in [1.807, 2.05) is 6.92 Å². The third kappa shape index (κ3) is 2.09. The fourth-order valence-electron chi connectivity index (χ4n) is 1.24. The molecule has 2 N–H and O–H groups in total. The molecule has 0 spiro atoms. The summed E-state index contributed by atoms with van der Waals surface area (Å²) in [6.45, 7) is 6.23. The monoisotopic (exact) mass is 193 g/mol. The largest absolute Gasteiger partial charge is 0.329 e. The zero-order valence-electron chi connectivity index (χ0n) is 8.31. The molecule has 0 amide bonds. The molecule has 0 radical (unpaired) electrons. The van der Waals surface area contributed by atoms with Crippen molar-refractivity contribution in [3.63, 3.8) is 0 Å². The standard InChI is InChI=1S/C10H15N3O/c1-3-5-8(11)9(14)10-12-6-7-13(10)4-2/h3,6-8H,1,4-5,11H2,2H3. The van der Waals surface area contributed by atoms with Crippen LogP contribution in [0.25, 0.3) is 0 Å². The quantitative estimate of drug-likeness (QED) is 0.560. The minimum absolute atomic E-state index is 0.128. The zero-order valence-corrected chi connectivity index (χ0v) is 8.31. The first-order valence-electron chi connectivity index (χ1n) is 4.62. The van der Waals surface area contributed by atoms with E-state index in [4.69, 9.17) is 5.73 Å². The Morgan fingerprint density at radius 3 is 3.14 bits per heavy atom. The number of carbonyl (C=O) groups is 1. The van der Waals surface area contributed by atoms with E-state index >= 15 is 0 Å². The summed E-state index contributed by atoms with van der Waals surface area (Å²) in [5.74, 6) is 0.304. The molecule has 76 valence electrons. The molecule has 0 saturated carbocycles. The molecule has 1 aromatic rings. The topological polar surface area (TPSA) is 60.9 Å². The normalized spacial score (nSPS) is 12.4. The van der Waals surface area contributed by atoms with Gasteiger partial charge in [0.1, 0.15) is 0 Å². The second kappa shape index (κ2) is 4.72. The molecule has 1 unspecified atom stereocenters. The van der Waals surface area contributed by atoms with Crippen molar-refractivity contribution in [2.45, 2.75) is 25.9 Å². The van der Waals surface area contributed by atoms with E-state index in [0.717, 1.165) is 6.54 Å². The van der Waals surface area contributed by atoms with Gasteiger partial charge in [-0.1, -0.05) is 6.08 Å². The van der Waals surface area contributed by atoms with Crippen LogP contribution in [0, 0.1) is 0 Å². The maximum atomic E-state index is 11.7. The van der Waals surface area contributed by atoms with Gasteiger partial charge in [0.15, 0.2) is 5.82 Å². The molecule has 1 rings (SSSR count). The summed E-state index contributed by atoms with van der Waals surface area (Å²) in [5, 5.41) is 0. The summed E-state index contributed by atoms with van der Waals surface area (Å²) in [5.41, 5.74) is 5.67. The summed E-state index contributed by atoms with van der Waals surface area (Å²) >= 11 is 0. The number of carbonyl (C=O) groups excluding carboxylic acids is 1. The van der Waals surface area contributed by atoms with Crippen molar-refractivity contribution in [1.82, 2.24) is 9.55 Å². The van der Waals surface area contributed by atoms with Crippen LogP contribution in [0.3, 0.4) is 0 Å². The number of ketones is 1. The lowest BCUT2D eigenvalue weighted by Gasteiger charge is -2.08. The van der Waals surface area contributed by atoms with Gasteiger partial charge >= 0.3 is 0 Å². The summed E-state index contributed by atoms with van der Waals surface area (Å²) in [6, 6.07) is -0.528. The van der Waals surface area contributed by atoms with Gasteiger partial charge in [0, 0.05) is 18.9 Å². The molecule has 1 atom stereocenters. The molecular weight excluding hydrogens is 178 g/mol. The summed E-state index contributed by atoms with van der Waals surface area (Å²) in [7, 11) is 0. The van der Waals surface area contributed by atoms with Crippen LogP contribution in [0.1, 0.15) is 24.0 Å². The molecule has 0 fully saturated rings. The fraction of sp³-hybridized carbons (Fsp3) is 0.400. The number of imidazole rings is 1. The van der Waals surface area contributed by atoms with Crippen molar-refractivity contribution in [2.75, 3.05) is 0 Å². The molecule has 4 nitrogen and oxygen atoms in total. The van der Waals surface area contributed by atoms with Gasteiger partial charge in [-0.3, -0.25) is 4.79 Å². The Bertz CT molecular complexity index is 330. The average molecular weight is 193 g/mol. The minimum atomic E-state index is -0.528. The Kier molecular flexibility index (Phi) is 3.59. The molecule has 0 saturated heterocycles. The molecule has 0 aliphatic carbocycles. The maximum absolute atomic E-state index is 11.7. The van der Waals surface area contributed by atoms with Crippen LogP contribution in [0.4, 0.5) is 0 Å². The second-order valence-electron chi connectivity index (χ2n) is 3.03. The Labute approximate surface area is 83.4 Å². The van der Waals surface area contributed by atoms with Gasteiger partial charge in [0.05, 0.1) is 6.04 Å². The van der Waals surface area contributed by atoms with Gasteiger partial charge in [-0.15, -0.1) is 6.58 Å². The van der Waals surface area contributed by atoms with Gasteiger partial charge in [0.2, 0.25) is 5.78 Å². The smallest absolute Gasteiger partial charge is 0.215 e. The minimum Gasteiger partial charge on any atom is -0.329 e. The third-order valence-corrected chi connectivity index (χ3v) is 2.03. The number of hydrogen-bond donors (Lipinski definition) is 1. The lowest BCUT2D eigenvalue weighted by Crippen LogP contribution is -2.31. The van der Waals surface area contributed by atoms with Gasteiger partial charge in [-0.05, 0) is 13.3 Å². The van der Waals surface area contributed by atoms with Crippen LogP contribution >= 0.6 is 0 Å². The number of aromatic nitrogens is 2.